The highest BCUT2D eigenvalue weighted by atomic mass is 16.5. The summed E-state index contributed by atoms with van der Waals surface area (Å²) in [6.45, 7) is 0. The smallest absolute Gasteiger partial charge is 0.202 e. The third kappa shape index (κ3) is 11.8. The van der Waals surface area contributed by atoms with Crippen LogP contribution in [0.5, 0.6) is 144 Å². The van der Waals surface area contributed by atoms with E-state index in [0.717, 1.165) is 72.8 Å². The Morgan fingerprint density at radius 2 is 0.575 bits per heavy atom. The van der Waals surface area contributed by atoms with Gasteiger partial charge in [0.1, 0.15) is 116 Å². The zero-order valence-corrected chi connectivity index (χ0v) is 54.8. The molecule has 0 radical (unpaired) electrons. The molecule has 5 heterocycles. The first-order chi connectivity index (χ1) is 50.4. The van der Waals surface area contributed by atoms with Gasteiger partial charge < -0.3 is 151 Å². The molecule has 106 heavy (non-hydrogen) atoms. The van der Waals surface area contributed by atoms with Crippen molar-refractivity contribution >= 4 is 0 Å². The summed E-state index contributed by atoms with van der Waals surface area (Å²) in [5.41, 5.74) is -0.484. The van der Waals surface area contributed by atoms with E-state index in [-0.39, 0.29) is 120 Å². The van der Waals surface area contributed by atoms with Gasteiger partial charge >= 0.3 is 0 Å². The van der Waals surface area contributed by atoms with Crippen LogP contribution in [-0.4, -0.2) is 160 Å². The molecule has 4 unspecified atom stereocenters. The number of phenols is 19. The molecular weight excluding hydrogens is 1390 g/mol. The highest BCUT2D eigenvalue weighted by molar-refractivity contribution is 5.72. The van der Waals surface area contributed by atoms with Crippen molar-refractivity contribution < 1.29 is 151 Å². The molecule has 10 aromatic carbocycles. The molecule has 0 bridgehead atoms. The Kier molecular flexibility index (Phi) is 17.4. The zero-order valence-electron chi connectivity index (χ0n) is 54.8. The maximum absolute atomic E-state index is 12.5. The molecule has 0 aliphatic carbocycles. The average molecular weight is 1460 g/mol. The maximum atomic E-state index is 12.5. The van der Waals surface area contributed by atoms with Crippen LogP contribution in [0.1, 0.15) is 121 Å². The van der Waals surface area contributed by atoms with Gasteiger partial charge in [-0.3, -0.25) is 0 Å². The third-order valence-corrected chi connectivity index (χ3v) is 19.7. The second-order valence-corrected chi connectivity index (χ2v) is 26.2. The first-order valence-electron chi connectivity index (χ1n) is 32.4. The summed E-state index contributed by atoms with van der Waals surface area (Å²) in [7, 11) is 1.26. The number of hydrogen-bond acceptors (Lipinski definition) is 30. The summed E-state index contributed by atoms with van der Waals surface area (Å²) in [4.78, 5) is 0. The lowest BCUT2D eigenvalue weighted by molar-refractivity contribution is -0.00562. The molecule has 13 atom stereocenters. The van der Waals surface area contributed by atoms with Crippen molar-refractivity contribution in [3.8, 4) is 144 Å². The fraction of sp³-hybridized carbons (Fsp3) is 0.211. The van der Waals surface area contributed by atoms with E-state index in [1.807, 2.05) is 0 Å². The number of ether oxygens (including phenoxy) is 6. The normalized spacial score (nSPS) is 23.2. The molecule has 30 nitrogen and oxygen atoms in total. The Morgan fingerprint density at radius 3 is 0.972 bits per heavy atom. The van der Waals surface area contributed by atoms with E-state index < -0.39 is 182 Å². The molecule has 550 valence electrons. The Labute approximate surface area is 597 Å². The van der Waals surface area contributed by atoms with Gasteiger partial charge in [0.05, 0.1) is 37.1 Å². The van der Waals surface area contributed by atoms with Crippen molar-refractivity contribution in [1.82, 2.24) is 0 Å². The topological polar surface area (TPSA) is 541 Å². The third-order valence-electron chi connectivity index (χ3n) is 19.7. The molecule has 5 aliphatic heterocycles. The molecule has 0 saturated heterocycles. The van der Waals surface area contributed by atoms with Gasteiger partial charge in [0.15, 0.2) is 70.4 Å². The summed E-state index contributed by atoms with van der Waals surface area (Å²) in [5, 5.41) is 263. The summed E-state index contributed by atoms with van der Waals surface area (Å²) in [6, 6.07) is 26.0. The van der Waals surface area contributed by atoms with Crippen LogP contribution in [0.3, 0.4) is 0 Å². The number of fused-ring (bicyclic) bond motifs is 5. The summed E-state index contributed by atoms with van der Waals surface area (Å²) in [5.74, 6) is -15.7. The number of aromatic hydroxyl groups is 19. The minimum atomic E-state index is -1.90. The Morgan fingerprint density at radius 1 is 0.264 bits per heavy atom. The van der Waals surface area contributed by atoms with Crippen molar-refractivity contribution in [3.63, 3.8) is 0 Å². The molecule has 5 aliphatic rings. The van der Waals surface area contributed by atoms with Crippen LogP contribution in [-0.2, 0) is 12.8 Å². The molecule has 15 rings (SSSR count). The maximum Gasteiger partial charge on any atom is 0.202 e. The molecule has 30 heteroatoms. The molecule has 0 aromatic heterocycles. The zero-order chi connectivity index (χ0) is 75.7. The summed E-state index contributed by atoms with van der Waals surface area (Å²) >= 11 is 0. The predicted molar refractivity (Wildman–Crippen MR) is 362 cm³/mol. The van der Waals surface area contributed by atoms with Crippen molar-refractivity contribution in [2.24, 2.45) is 0 Å². The number of hydrogen-bond donors (Lipinski definition) is 24. The van der Waals surface area contributed by atoms with Crippen LogP contribution < -0.4 is 28.4 Å². The highest BCUT2D eigenvalue weighted by Gasteiger charge is 2.52. The van der Waals surface area contributed by atoms with Crippen molar-refractivity contribution in [2.75, 3.05) is 7.11 Å². The second kappa shape index (κ2) is 26.4. The quantitative estimate of drug-likeness (QED) is 0.0614. The van der Waals surface area contributed by atoms with E-state index in [1.54, 1.807) is 0 Å². The van der Waals surface area contributed by atoms with E-state index in [0.29, 0.717) is 5.56 Å². The van der Waals surface area contributed by atoms with Crippen molar-refractivity contribution in [2.45, 2.75) is 91.6 Å². The fourth-order valence-corrected chi connectivity index (χ4v) is 14.9. The van der Waals surface area contributed by atoms with Gasteiger partial charge in [-0.1, -0.05) is 30.3 Å². The van der Waals surface area contributed by atoms with Gasteiger partial charge in [0, 0.05) is 105 Å². The molecule has 0 spiro atoms. The van der Waals surface area contributed by atoms with Crippen LogP contribution in [0.2, 0.25) is 0 Å². The van der Waals surface area contributed by atoms with Gasteiger partial charge in [-0.15, -0.1) is 0 Å². The van der Waals surface area contributed by atoms with E-state index >= 15 is 0 Å². The van der Waals surface area contributed by atoms with Crippen molar-refractivity contribution in [1.29, 1.82) is 0 Å². The molecule has 24 N–H and O–H groups in total. The minimum Gasteiger partial charge on any atom is -0.508 e. The monoisotopic (exact) mass is 1460 g/mol. The number of rotatable bonds is 9. The first-order valence-corrected chi connectivity index (χ1v) is 32.4. The van der Waals surface area contributed by atoms with Gasteiger partial charge in [-0.2, -0.15) is 0 Å². The lowest BCUT2D eigenvalue weighted by Gasteiger charge is -2.43. The van der Waals surface area contributed by atoms with E-state index in [9.17, 15) is 123 Å². The lowest BCUT2D eigenvalue weighted by atomic mass is 9.73. The second-order valence-electron chi connectivity index (χ2n) is 26.2. The lowest BCUT2D eigenvalue weighted by Crippen LogP contribution is -2.39. The van der Waals surface area contributed by atoms with Gasteiger partial charge in [-0.05, 0) is 82.9 Å². The van der Waals surface area contributed by atoms with Crippen molar-refractivity contribution in [3.05, 3.63) is 206 Å². The van der Waals surface area contributed by atoms with Gasteiger partial charge in [0.2, 0.25) is 5.75 Å². The summed E-state index contributed by atoms with van der Waals surface area (Å²) in [6.07, 6.45) is -15.3. The van der Waals surface area contributed by atoms with Crippen LogP contribution in [0.25, 0.3) is 0 Å². The Bertz CT molecular complexity index is 5150. The van der Waals surface area contributed by atoms with Crippen LogP contribution >= 0.6 is 0 Å². The number of aliphatic hydroxyl groups is 5. The van der Waals surface area contributed by atoms with E-state index in [1.165, 1.54) is 67.8 Å². The van der Waals surface area contributed by atoms with Gasteiger partial charge in [-0.25, -0.2) is 0 Å². The number of benzene rings is 10. The molecule has 10 aromatic rings. The number of methoxy groups -OCH3 is 1. The van der Waals surface area contributed by atoms with Gasteiger partial charge in [0.25, 0.3) is 0 Å². The fourth-order valence-electron chi connectivity index (χ4n) is 14.9. The molecule has 0 amide bonds. The Hall–Kier alpha value is -13.0. The molecule has 0 saturated carbocycles. The van der Waals surface area contributed by atoms with E-state index in [2.05, 4.69) is 0 Å². The van der Waals surface area contributed by atoms with Crippen LogP contribution in [0.15, 0.2) is 133 Å². The van der Waals surface area contributed by atoms with E-state index in [4.69, 9.17) is 28.4 Å². The van der Waals surface area contributed by atoms with Crippen LogP contribution in [0.4, 0.5) is 0 Å². The molecular formula is C76H66O30. The summed E-state index contributed by atoms with van der Waals surface area (Å²) < 4.78 is 36.1. The largest absolute Gasteiger partial charge is 0.508 e. The average Bonchev–Trinajstić information content (AvgIpc) is 0.716. The Balaban J connectivity index is 0.000000191. The molecule has 0 fully saturated rings. The predicted octanol–water partition coefficient (Wildman–Crippen LogP) is 7.74. The minimum absolute atomic E-state index is 0.00882. The highest BCUT2D eigenvalue weighted by Crippen LogP contribution is 2.64. The SMILES string of the molecule is COc1c(O)cc(C2Oc3c(c(O)cc(O)c3[C@H]3c4c(O)cc(O)cc4O[C@H](c4ccc(O)cc4)[C@@H]3O)C[C@H]2O)cc1O.Oc1cc(O)c2c(c1)O[C@H](c1ccc(O)c(O)c1)[C@H](O)C2c1c(O)cc(O)c2c1O[C@H](c1ccc(O)c(O)c1)[C@H](O)C2c1c(O)cc(O)c2c1O[C@H](c1ccc(O)c(O)c1)C(O)C2. The first kappa shape index (κ1) is 70.1. The standard InChI is InChI=1S/C45H38O18.C31H28O12/c46-18-10-27(54)33-32(11-18)61-42(16-2-5-21(48)25(52)8-16)39(59)37(33)35-29(56)14-30(57)36-38(40(60)43(63-45(35)36)17-3-6-22(49)26(53)9-17)34-28(55)13-23(50)19-12-31(58)41(62-44(19)34)15-1-4-20(47)24(51)7-15;1-41-31-20(37)6-13(7-21(31)38)28-22(39)10-16-17(34)11-19(36)25(30(16)43-28)26-24-18(35)8-15(33)9-23(24)42-29(27(26)40)12-2-4-14(32)5-3-12/h1-11,13-14,31,37-43,46-60H,12H2;2-9,11,22,26-29,32-40H,10H2,1H3/t31?,37?,38?,39-,40-,41-,42-,43-;22-,26-,27-,28?,29-/m11/s1. The number of phenolic OH excluding ortho intramolecular Hbond substituents is 19. The number of aliphatic hydroxyl groups excluding tert-OH is 5. The van der Waals surface area contributed by atoms with Crippen LogP contribution in [0, 0.1) is 0 Å².